The lowest BCUT2D eigenvalue weighted by atomic mass is 10.1. The Hall–Kier alpha value is -0.570. The van der Waals surface area contributed by atoms with Crippen molar-refractivity contribution in [3.63, 3.8) is 0 Å². The van der Waals surface area contributed by atoms with E-state index in [4.69, 9.17) is 5.11 Å². The van der Waals surface area contributed by atoms with E-state index in [1.54, 1.807) is 0 Å². The largest absolute Gasteiger partial charge is 0.480 e. The Labute approximate surface area is 124 Å². The van der Waals surface area contributed by atoms with Gasteiger partial charge in [0.2, 0.25) is 0 Å². The highest BCUT2D eigenvalue weighted by atomic mass is 16.4. The fraction of sp³-hybridized carbons (Fsp3) is 0.941. The molecule has 1 N–H and O–H groups in total. The van der Waals surface area contributed by atoms with Crippen molar-refractivity contribution < 1.29 is 9.90 Å². The standard InChI is InChI=1S/C17H33NO2/c1-2-3-4-5-6-7-8-9-10-11-14-18-15-12-13-16(18)17(19)20/h16H,2-15H2,1H3,(H,19,20)/t16-/m0/s1. The molecule has 1 fully saturated rings. The molecule has 0 bridgehead atoms. The number of rotatable bonds is 12. The summed E-state index contributed by atoms with van der Waals surface area (Å²) in [4.78, 5) is 13.2. The van der Waals surface area contributed by atoms with Gasteiger partial charge < -0.3 is 5.11 Å². The van der Waals surface area contributed by atoms with Gasteiger partial charge >= 0.3 is 5.97 Å². The molecule has 1 aliphatic rings. The lowest BCUT2D eigenvalue weighted by Crippen LogP contribution is -2.36. The summed E-state index contributed by atoms with van der Waals surface area (Å²) in [5, 5.41) is 9.10. The van der Waals surface area contributed by atoms with E-state index in [2.05, 4.69) is 11.8 Å². The molecule has 0 radical (unpaired) electrons. The number of nitrogens with zero attached hydrogens (tertiary/aromatic N) is 1. The lowest BCUT2D eigenvalue weighted by Gasteiger charge is -2.20. The second kappa shape index (κ2) is 11.1. The van der Waals surface area contributed by atoms with Crippen molar-refractivity contribution in [2.24, 2.45) is 0 Å². The molecule has 0 aromatic heterocycles. The van der Waals surface area contributed by atoms with Crippen LogP contribution in [0.2, 0.25) is 0 Å². The van der Waals surface area contributed by atoms with Gasteiger partial charge in [0.15, 0.2) is 0 Å². The average Bonchev–Trinajstić information content (AvgIpc) is 2.89. The van der Waals surface area contributed by atoms with Crippen LogP contribution in [0, 0.1) is 0 Å². The third kappa shape index (κ3) is 7.28. The molecule has 3 heteroatoms. The number of hydrogen-bond donors (Lipinski definition) is 1. The second-order valence-corrected chi connectivity index (χ2v) is 6.21. The maximum Gasteiger partial charge on any atom is 0.320 e. The highest BCUT2D eigenvalue weighted by molar-refractivity contribution is 5.73. The monoisotopic (exact) mass is 283 g/mol. The third-order valence-corrected chi connectivity index (χ3v) is 4.45. The quantitative estimate of drug-likeness (QED) is 0.538. The first-order chi connectivity index (χ1) is 9.75. The van der Waals surface area contributed by atoms with E-state index in [9.17, 15) is 4.79 Å². The number of unbranched alkanes of at least 4 members (excludes halogenated alkanes) is 9. The average molecular weight is 283 g/mol. The van der Waals surface area contributed by atoms with Crippen LogP contribution in [0.3, 0.4) is 0 Å². The van der Waals surface area contributed by atoms with Gasteiger partial charge in [0, 0.05) is 0 Å². The molecular weight excluding hydrogens is 250 g/mol. The molecule has 1 aliphatic heterocycles. The van der Waals surface area contributed by atoms with Crippen LogP contribution in [0.25, 0.3) is 0 Å². The van der Waals surface area contributed by atoms with Crippen molar-refractivity contribution >= 4 is 5.97 Å². The first-order valence-electron chi connectivity index (χ1n) is 8.72. The summed E-state index contributed by atoms with van der Waals surface area (Å²) in [5.41, 5.74) is 0. The number of aliphatic carboxylic acids is 1. The Morgan fingerprint density at radius 3 is 2.10 bits per heavy atom. The smallest absolute Gasteiger partial charge is 0.320 e. The molecule has 0 amide bonds. The Balaban J connectivity index is 1.88. The number of carbonyl (C=O) groups is 1. The fourth-order valence-corrected chi connectivity index (χ4v) is 3.18. The molecule has 1 rings (SSSR count). The minimum atomic E-state index is -0.630. The SMILES string of the molecule is CCCCCCCCCCCCN1CCC[C@H]1C(=O)O. The van der Waals surface area contributed by atoms with E-state index in [0.717, 1.165) is 25.9 Å². The molecule has 3 nitrogen and oxygen atoms in total. The second-order valence-electron chi connectivity index (χ2n) is 6.21. The Morgan fingerprint density at radius 1 is 1.00 bits per heavy atom. The number of carboxylic acids is 1. The predicted molar refractivity (Wildman–Crippen MR) is 84.1 cm³/mol. The van der Waals surface area contributed by atoms with Crippen LogP contribution in [0.1, 0.15) is 84.0 Å². The maximum atomic E-state index is 11.1. The summed E-state index contributed by atoms with van der Waals surface area (Å²) in [6, 6.07) is -0.200. The zero-order valence-corrected chi connectivity index (χ0v) is 13.3. The Kier molecular flexibility index (Phi) is 9.73. The normalized spacial score (nSPS) is 19.6. The van der Waals surface area contributed by atoms with Gasteiger partial charge in [-0.15, -0.1) is 0 Å². The van der Waals surface area contributed by atoms with Gasteiger partial charge in [-0.3, -0.25) is 9.69 Å². The molecule has 0 saturated carbocycles. The van der Waals surface area contributed by atoms with Crippen LogP contribution in [0.4, 0.5) is 0 Å². The predicted octanol–water partition coefficient (Wildman–Crippen LogP) is 4.46. The number of hydrogen-bond acceptors (Lipinski definition) is 2. The number of likely N-dealkylation sites (tertiary alicyclic amines) is 1. The minimum Gasteiger partial charge on any atom is -0.480 e. The maximum absolute atomic E-state index is 11.1. The van der Waals surface area contributed by atoms with E-state index in [1.807, 2.05) is 0 Å². The molecular formula is C17H33NO2. The van der Waals surface area contributed by atoms with E-state index in [-0.39, 0.29) is 6.04 Å². The first-order valence-corrected chi connectivity index (χ1v) is 8.72. The van der Waals surface area contributed by atoms with Crippen molar-refractivity contribution in [2.45, 2.75) is 90.0 Å². The van der Waals surface area contributed by atoms with Crippen molar-refractivity contribution in [3.8, 4) is 0 Å². The summed E-state index contributed by atoms with van der Waals surface area (Å²) < 4.78 is 0. The van der Waals surface area contributed by atoms with Gasteiger partial charge in [-0.05, 0) is 32.4 Å². The van der Waals surface area contributed by atoms with Crippen LogP contribution in [-0.2, 0) is 4.79 Å². The van der Waals surface area contributed by atoms with Gasteiger partial charge in [0.1, 0.15) is 6.04 Å². The minimum absolute atomic E-state index is 0.200. The molecule has 0 aliphatic carbocycles. The number of carboxylic acid groups (broad SMARTS) is 1. The summed E-state index contributed by atoms with van der Waals surface area (Å²) in [6.45, 7) is 4.22. The lowest BCUT2D eigenvalue weighted by molar-refractivity contribution is -0.142. The molecule has 20 heavy (non-hydrogen) atoms. The van der Waals surface area contributed by atoms with Crippen LogP contribution < -0.4 is 0 Å². The summed E-state index contributed by atoms with van der Waals surface area (Å²) in [5.74, 6) is -0.630. The van der Waals surface area contributed by atoms with Crippen LogP contribution >= 0.6 is 0 Å². The molecule has 0 unspecified atom stereocenters. The fourth-order valence-electron chi connectivity index (χ4n) is 3.18. The summed E-state index contributed by atoms with van der Waals surface area (Å²) >= 11 is 0. The first kappa shape index (κ1) is 17.5. The molecule has 1 heterocycles. The van der Waals surface area contributed by atoms with E-state index in [0.29, 0.717) is 0 Å². The topological polar surface area (TPSA) is 40.5 Å². The van der Waals surface area contributed by atoms with Crippen molar-refractivity contribution in [1.82, 2.24) is 4.90 Å². The van der Waals surface area contributed by atoms with E-state index >= 15 is 0 Å². The molecule has 1 atom stereocenters. The van der Waals surface area contributed by atoms with Crippen molar-refractivity contribution in [3.05, 3.63) is 0 Å². The van der Waals surface area contributed by atoms with E-state index in [1.165, 1.54) is 64.2 Å². The van der Waals surface area contributed by atoms with Gasteiger partial charge in [0.05, 0.1) is 0 Å². The Bertz CT molecular complexity index is 255. The zero-order valence-electron chi connectivity index (χ0n) is 13.3. The van der Waals surface area contributed by atoms with Crippen molar-refractivity contribution in [1.29, 1.82) is 0 Å². The van der Waals surface area contributed by atoms with Gasteiger partial charge in [-0.1, -0.05) is 64.7 Å². The Morgan fingerprint density at radius 2 is 1.55 bits per heavy atom. The summed E-state index contributed by atoms with van der Waals surface area (Å²) in [6.07, 6.45) is 15.3. The highest BCUT2D eigenvalue weighted by Gasteiger charge is 2.29. The van der Waals surface area contributed by atoms with E-state index < -0.39 is 5.97 Å². The third-order valence-electron chi connectivity index (χ3n) is 4.45. The van der Waals surface area contributed by atoms with Crippen LogP contribution in [0.5, 0.6) is 0 Å². The summed E-state index contributed by atoms with van der Waals surface area (Å²) in [7, 11) is 0. The zero-order chi connectivity index (χ0) is 14.6. The molecule has 0 spiro atoms. The van der Waals surface area contributed by atoms with Gasteiger partial charge in [-0.25, -0.2) is 0 Å². The van der Waals surface area contributed by atoms with Crippen LogP contribution in [0.15, 0.2) is 0 Å². The van der Waals surface area contributed by atoms with Crippen molar-refractivity contribution in [2.75, 3.05) is 13.1 Å². The molecule has 0 aromatic rings. The van der Waals surface area contributed by atoms with Gasteiger partial charge in [-0.2, -0.15) is 0 Å². The highest BCUT2D eigenvalue weighted by Crippen LogP contribution is 2.18. The van der Waals surface area contributed by atoms with Gasteiger partial charge in [0.25, 0.3) is 0 Å². The molecule has 0 aromatic carbocycles. The molecule has 118 valence electrons. The molecule has 1 saturated heterocycles. The van der Waals surface area contributed by atoms with Crippen LogP contribution in [-0.4, -0.2) is 35.1 Å².